The number of rotatable bonds is 4. The minimum Gasteiger partial charge on any atom is -0.392 e. The number of amides is 1. The number of para-hydroxylation sites is 1. The highest BCUT2D eigenvalue weighted by Crippen LogP contribution is 2.29. The van der Waals surface area contributed by atoms with Gasteiger partial charge >= 0.3 is 0 Å². The number of aryl methyl sites for hydroxylation is 2. The third-order valence-corrected chi connectivity index (χ3v) is 4.57. The average molecular weight is 391 g/mol. The molecule has 0 spiro atoms. The van der Waals surface area contributed by atoms with E-state index in [9.17, 15) is 14.3 Å². The molecule has 0 unspecified atom stereocenters. The minimum absolute atomic E-state index is 0.112. The van der Waals surface area contributed by atoms with E-state index in [2.05, 4.69) is 20.6 Å². The fraction of sp³-hybridized carbons (Fsp3) is 0.143. The van der Waals surface area contributed by atoms with Crippen LogP contribution in [0.25, 0.3) is 22.2 Å². The molecule has 4 rings (SSSR count). The quantitative estimate of drug-likeness (QED) is 0.557. The van der Waals surface area contributed by atoms with Crippen molar-refractivity contribution in [2.45, 2.75) is 13.5 Å². The number of nitrogens with one attached hydrogen (secondary N) is 1. The highest BCUT2D eigenvalue weighted by Gasteiger charge is 2.15. The fourth-order valence-electron chi connectivity index (χ4n) is 3.21. The van der Waals surface area contributed by atoms with Gasteiger partial charge in [0.05, 0.1) is 24.0 Å². The summed E-state index contributed by atoms with van der Waals surface area (Å²) in [4.78, 5) is 17.2. The highest BCUT2D eigenvalue weighted by atomic mass is 19.1. The number of carbonyl (C=O) groups is 1. The lowest BCUT2D eigenvalue weighted by Crippen LogP contribution is -2.13. The Hall–Kier alpha value is -3.65. The number of hydrogen-bond acceptors (Lipinski definition) is 5. The Morgan fingerprint density at radius 3 is 2.79 bits per heavy atom. The van der Waals surface area contributed by atoms with Crippen LogP contribution in [-0.2, 0) is 13.7 Å². The molecule has 8 heteroatoms. The summed E-state index contributed by atoms with van der Waals surface area (Å²) in [5.41, 5.74) is 3.22. The molecule has 2 N–H and O–H groups in total. The number of halogens is 1. The first-order valence-corrected chi connectivity index (χ1v) is 8.93. The smallest absolute Gasteiger partial charge is 0.257 e. The second-order valence-corrected chi connectivity index (χ2v) is 6.76. The first kappa shape index (κ1) is 18.7. The van der Waals surface area contributed by atoms with Crippen LogP contribution < -0.4 is 5.32 Å². The van der Waals surface area contributed by atoms with E-state index < -0.39 is 11.7 Å². The average Bonchev–Trinajstić information content (AvgIpc) is 3.11. The molecule has 2 heterocycles. The van der Waals surface area contributed by atoms with Gasteiger partial charge < -0.3 is 10.4 Å². The lowest BCUT2D eigenvalue weighted by Gasteiger charge is -2.12. The Bertz CT molecular complexity index is 1240. The highest BCUT2D eigenvalue weighted by molar-refractivity contribution is 6.04. The molecular formula is C21H18FN5O2. The van der Waals surface area contributed by atoms with Crippen LogP contribution in [0.5, 0.6) is 0 Å². The van der Waals surface area contributed by atoms with Crippen molar-refractivity contribution in [3.63, 3.8) is 0 Å². The van der Waals surface area contributed by atoms with Gasteiger partial charge in [0, 0.05) is 29.1 Å². The molecule has 2 aromatic carbocycles. The molecule has 0 bridgehead atoms. The van der Waals surface area contributed by atoms with Crippen molar-refractivity contribution in [1.82, 2.24) is 20.0 Å². The molecule has 146 valence electrons. The summed E-state index contributed by atoms with van der Waals surface area (Å²) in [6, 6.07) is 11.6. The van der Waals surface area contributed by atoms with Gasteiger partial charge in [0.2, 0.25) is 0 Å². The Labute approximate surface area is 165 Å². The topological polar surface area (TPSA) is 92.9 Å². The SMILES string of the molecule is Cc1cccc2cc(CO)c(-c3cc(F)cc(C(=O)Nc4cn(C)nn4)c3)nc12. The van der Waals surface area contributed by atoms with Gasteiger partial charge in [-0.25, -0.2) is 9.37 Å². The molecule has 0 saturated heterocycles. The maximum Gasteiger partial charge on any atom is 0.257 e. The molecule has 4 aromatic rings. The lowest BCUT2D eigenvalue weighted by atomic mass is 10.00. The number of aliphatic hydroxyl groups is 1. The van der Waals surface area contributed by atoms with Gasteiger partial charge in [0.25, 0.3) is 5.91 Å². The van der Waals surface area contributed by atoms with Crippen molar-refractivity contribution in [1.29, 1.82) is 0 Å². The number of anilines is 1. The first-order valence-electron chi connectivity index (χ1n) is 8.93. The van der Waals surface area contributed by atoms with Crippen LogP contribution >= 0.6 is 0 Å². The summed E-state index contributed by atoms with van der Waals surface area (Å²) in [5, 5.41) is 20.8. The molecule has 0 aliphatic rings. The zero-order valence-electron chi connectivity index (χ0n) is 15.8. The van der Waals surface area contributed by atoms with Gasteiger partial charge in [0.15, 0.2) is 5.82 Å². The molecule has 0 radical (unpaired) electrons. The van der Waals surface area contributed by atoms with Crippen molar-refractivity contribution in [2.75, 3.05) is 5.32 Å². The predicted molar refractivity (Wildman–Crippen MR) is 107 cm³/mol. The van der Waals surface area contributed by atoms with E-state index in [-0.39, 0.29) is 18.0 Å². The summed E-state index contributed by atoms with van der Waals surface area (Å²) in [6.07, 6.45) is 1.54. The summed E-state index contributed by atoms with van der Waals surface area (Å²) in [7, 11) is 1.67. The van der Waals surface area contributed by atoms with Crippen LogP contribution in [0, 0.1) is 12.7 Å². The maximum absolute atomic E-state index is 14.3. The predicted octanol–water partition coefficient (Wildman–Crippen LogP) is 3.22. The third kappa shape index (κ3) is 3.70. The molecule has 0 fully saturated rings. The van der Waals surface area contributed by atoms with E-state index in [1.807, 2.05) is 31.2 Å². The normalized spacial score (nSPS) is 11.0. The minimum atomic E-state index is -0.581. The van der Waals surface area contributed by atoms with Gasteiger partial charge in [-0.05, 0) is 36.8 Å². The van der Waals surface area contributed by atoms with Crippen molar-refractivity contribution in [3.05, 3.63) is 71.2 Å². The monoisotopic (exact) mass is 391 g/mol. The van der Waals surface area contributed by atoms with Crippen LogP contribution in [-0.4, -0.2) is 31.0 Å². The van der Waals surface area contributed by atoms with Gasteiger partial charge in [-0.1, -0.05) is 23.4 Å². The number of aliphatic hydroxyl groups excluding tert-OH is 1. The number of hydrogen-bond donors (Lipinski definition) is 2. The number of aromatic nitrogens is 4. The molecule has 1 amide bonds. The number of nitrogens with zero attached hydrogens (tertiary/aromatic N) is 4. The van der Waals surface area contributed by atoms with Gasteiger partial charge in [-0.15, -0.1) is 5.10 Å². The van der Waals surface area contributed by atoms with E-state index in [0.717, 1.165) is 22.5 Å². The van der Waals surface area contributed by atoms with E-state index in [0.29, 0.717) is 16.8 Å². The Balaban J connectivity index is 1.79. The van der Waals surface area contributed by atoms with Crippen LogP contribution in [0.15, 0.2) is 48.7 Å². The Kier molecular flexibility index (Phi) is 4.77. The number of benzene rings is 2. The largest absolute Gasteiger partial charge is 0.392 e. The van der Waals surface area contributed by atoms with Crippen molar-refractivity contribution < 1.29 is 14.3 Å². The van der Waals surface area contributed by atoms with Gasteiger partial charge in [-0.2, -0.15) is 0 Å². The second kappa shape index (κ2) is 7.40. The van der Waals surface area contributed by atoms with Gasteiger partial charge in [0.1, 0.15) is 5.82 Å². The number of pyridine rings is 1. The van der Waals surface area contributed by atoms with E-state index in [1.54, 1.807) is 13.1 Å². The first-order chi connectivity index (χ1) is 13.9. The van der Waals surface area contributed by atoms with Crippen LogP contribution in [0.3, 0.4) is 0 Å². The standard InChI is InChI=1S/C21H18FN5O2/c1-12-4-3-5-13-6-16(11-28)20(24-19(12)13)14-7-15(9-17(22)8-14)21(29)23-18-10-27(2)26-25-18/h3-10,28H,11H2,1-2H3,(H,23,29). The van der Waals surface area contributed by atoms with Crippen molar-refractivity contribution in [2.24, 2.45) is 7.05 Å². The molecule has 2 aromatic heterocycles. The molecule has 0 aliphatic carbocycles. The zero-order valence-corrected chi connectivity index (χ0v) is 15.8. The molecule has 29 heavy (non-hydrogen) atoms. The molecular weight excluding hydrogens is 373 g/mol. The summed E-state index contributed by atoms with van der Waals surface area (Å²) < 4.78 is 15.8. The van der Waals surface area contributed by atoms with E-state index in [1.165, 1.54) is 16.9 Å². The third-order valence-electron chi connectivity index (χ3n) is 4.57. The summed E-state index contributed by atoms with van der Waals surface area (Å²) >= 11 is 0. The molecule has 0 saturated carbocycles. The second-order valence-electron chi connectivity index (χ2n) is 6.76. The fourth-order valence-corrected chi connectivity index (χ4v) is 3.21. The Morgan fingerprint density at radius 2 is 2.07 bits per heavy atom. The van der Waals surface area contributed by atoms with E-state index in [4.69, 9.17) is 0 Å². The maximum atomic E-state index is 14.3. The number of carbonyl (C=O) groups excluding carboxylic acids is 1. The molecule has 0 atom stereocenters. The summed E-state index contributed by atoms with van der Waals surface area (Å²) in [6.45, 7) is 1.67. The van der Waals surface area contributed by atoms with Crippen LogP contribution in [0.4, 0.5) is 10.2 Å². The van der Waals surface area contributed by atoms with E-state index >= 15 is 0 Å². The van der Waals surface area contributed by atoms with Gasteiger partial charge in [-0.3, -0.25) is 9.48 Å². The van der Waals surface area contributed by atoms with Crippen LogP contribution in [0.1, 0.15) is 21.5 Å². The summed E-state index contributed by atoms with van der Waals surface area (Å²) in [5.74, 6) is -0.838. The zero-order chi connectivity index (χ0) is 20.5. The van der Waals surface area contributed by atoms with Crippen molar-refractivity contribution in [3.8, 4) is 11.3 Å². The lowest BCUT2D eigenvalue weighted by molar-refractivity contribution is 0.102. The number of fused-ring (bicyclic) bond motifs is 1. The Morgan fingerprint density at radius 1 is 1.24 bits per heavy atom. The van der Waals surface area contributed by atoms with Crippen molar-refractivity contribution >= 4 is 22.6 Å². The molecule has 0 aliphatic heterocycles. The van der Waals surface area contributed by atoms with Crippen LogP contribution in [0.2, 0.25) is 0 Å². The molecule has 7 nitrogen and oxygen atoms in total.